The molecule has 4 rings (SSSR count). The molecule has 0 unspecified atom stereocenters. The van der Waals surface area contributed by atoms with Crippen LogP contribution in [-0.2, 0) is 30.2 Å². The van der Waals surface area contributed by atoms with E-state index >= 15 is 0 Å². The highest BCUT2D eigenvalue weighted by molar-refractivity contribution is 9.11. The third-order valence-corrected chi connectivity index (χ3v) is 14.0. The second kappa shape index (κ2) is 19.9. The molecular formula is C41H61BrN2O9S2. The van der Waals surface area contributed by atoms with Crippen molar-refractivity contribution < 1.29 is 42.9 Å². The minimum Gasteiger partial charge on any atom is -0.465 e. The molecule has 4 heterocycles. The Morgan fingerprint density at radius 1 is 0.727 bits per heavy atom. The highest BCUT2D eigenvalue weighted by Gasteiger charge is 2.34. The van der Waals surface area contributed by atoms with Crippen LogP contribution in [0.5, 0.6) is 0 Å². The molecule has 0 aromatic carbocycles. The highest BCUT2D eigenvalue weighted by atomic mass is 79.9. The van der Waals surface area contributed by atoms with Crippen molar-refractivity contribution in [2.45, 2.75) is 131 Å². The standard InChI is InChI=1S/C22H33NO5S.C19H28BrNO4S/c1-14(16-9-11-23(12-10-16)21(26)28-22(3,4)5)19-15(2)18(20(25)27-6)17(29-19)8-7-13-24;1-11(15-12(2)14(16(20)26-15)17(22)24-6)13-7-9-21(10-8-13)18(23)25-19(3,4)5/h13-14,16H,7-12H2,1-6H3;11,13H,7-10H2,1-6H3/t14-;11-/m11/s1. The lowest BCUT2D eigenvalue weighted by Crippen LogP contribution is -2.42. The van der Waals surface area contributed by atoms with Gasteiger partial charge < -0.3 is 33.5 Å². The number of ether oxygens (including phenoxy) is 4. The lowest BCUT2D eigenvalue weighted by Gasteiger charge is -2.35. The smallest absolute Gasteiger partial charge is 0.410 e. The summed E-state index contributed by atoms with van der Waals surface area (Å²) in [6, 6.07) is 0. The molecule has 2 aliphatic heterocycles. The maximum absolute atomic E-state index is 12.3. The Bertz CT molecular complexity index is 1660. The average Bonchev–Trinajstić information content (AvgIpc) is 3.62. The van der Waals surface area contributed by atoms with E-state index in [4.69, 9.17) is 18.9 Å². The van der Waals surface area contributed by atoms with Crippen molar-refractivity contribution in [3.63, 3.8) is 0 Å². The van der Waals surface area contributed by atoms with E-state index < -0.39 is 11.2 Å². The number of hydrogen-bond donors (Lipinski definition) is 0. The zero-order valence-electron chi connectivity index (χ0n) is 34.7. The van der Waals surface area contributed by atoms with E-state index in [-0.39, 0.29) is 30.0 Å². The number of methoxy groups -OCH3 is 2. The molecule has 2 aromatic rings. The lowest BCUT2D eigenvalue weighted by atomic mass is 9.83. The number of likely N-dealkylation sites (tertiary alicyclic amines) is 2. The zero-order valence-corrected chi connectivity index (χ0v) is 37.9. The number of thiophene rings is 2. The Labute approximate surface area is 343 Å². The van der Waals surface area contributed by atoms with Crippen LogP contribution in [0.2, 0.25) is 0 Å². The molecule has 2 aromatic heterocycles. The normalized spacial score (nSPS) is 16.7. The van der Waals surface area contributed by atoms with Crippen molar-refractivity contribution in [3.05, 3.63) is 40.7 Å². The first-order chi connectivity index (χ1) is 25.6. The monoisotopic (exact) mass is 868 g/mol. The van der Waals surface area contributed by atoms with Gasteiger partial charge in [-0.25, -0.2) is 19.2 Å². The summed E-state index contributed by atoms with van der Waals surface area (Å²) in [4.78, 5) is 66.5. The molecular weight excluding hydrogens is 808 g/mol. The Morgan fingerprint density at radius 2 is 1.11 bits per heavy atom. The Hall–Kier alpha value is -2.97. The van der Waals surface area contributed by atoms with E-state index in [0.717, 1.165) is 51.8 Å². The molecule has 2 fully saturated rings. The fourth-order valence-corrected chi connectivity index (χ4v) is 10.9. The first-order valence-corrected chi connectivity index (χ1v) is 21.5. The zero-order chi connectivity index (χ0) is 41.4. The van der Waals surface area contributed by atoms with Gasteiger partial charge in [-0.15, -0.1) is 22.7 Å². The van der Waals surface area contributed by atoms with Crippen molar-refractivity contribution in [1.29, 1.82) is 0 Å². The van der Waals surface area contributed by atoms with Crippen molar-refractivity contribution in [3.8, 4) is 0 Å². The molecule has 0 radical (unpaired) electrons. The molecule has 308 valence electrons. The van der Waals surface area contributed by atoms with Gasteiger partial charge in [0.15, 0.2) is 0 Å². The molecule has 2 atom stereocenters. The maximum atomic E-state index is 12.3. The molecule has 2 aliphatic rings. The molecule has 2 amide bonds. The first-order valence-electron chi connectivity index (χ1n) is 19.1. The predicted molar refractivity (Wildman–Crippen MR) is 221 cm³/mol. The lowest BCUT2D eigenvalue weighted by molar-refractivity contribution is -0.107. The summed E-state index contributed by atoms with van der Waals surface area (Å²) in [5.74, 6) is 0.866. The summed E-state index contributed by atoms with van der Waals surface area (Å²) in [5.41, 5.74) is 2.25. The number of halogens is 1. The van der Waals surface area contributed by atoms with Crippen molar-refractivity contribution in [2.75, 3.05) is 40.4 Å². The predicted octanol–water partition coefficient (Wildman–Crippen LogP) is 10.1. The number of carbonyl (C=O) groups is 5. The molecule has 0 bridgehead atoms. The van der Waals surface area contributed by atoms with Gasteiger partial charge in [0.2, 0.25) is 0 Å². The SMILES string of the molecule is COC(=O)c1c(Br)sc([C@H](C)C2CCN(C(=O)OC(C)(C)C)CC2)c1C.COC(=O)c1c(CCC=O)sc([C@H](C)C2CCN(C(=O)OC(C)(C)C)CC2)c1C. The van der Waals surface area contributed by atoms with Crippen LogP contribution in [0.3, 0.4) is 0 Å². The summed E-state index contributed by atoms with van der Waals surface area (Å²) in [5, 5.41) is 0. The summed E-state index contributed by atoms with van der Waals surface area (Å²) < 4.78 is 21.6. The summed E-state index contributed by atoms with van der Waals surface area (Å²) in [6.07, 6.45) is 5.02. The van der Waals surface area contributed by atoms with Crippen LogP contribution in [-0.4, -0.2) is 91.8 Å². The van der Waals surface area contributed by atoms with Crippen LogP contribution in [0.4, 0.5) is 9.59 Å². The first kappa shape index (κ1) is 46.4. The Kier molecular flexibility index (Phi) is 16.8. The summed E-state index contributed by atoms with van der Waals surface area (Å²) in [7, 11) is 2.79. The van der Waals surface area contributed by atoms with Gasteiger partial charge in [-0.3, -0.25) is 0 Å². The summed E-state index contributed by atoms with van der Waals surface area (Å²) >= 11 is 6.74. The van der Waals surface area contributed by atoms with Crippen molar-refractivity contribution in [1.82, 2.24) is 9.80 Å². The van der Waals surface area contributed by atoms with Gasteiger partial charge in [0, 0.05) is 47.2 Å². The third-order valence-electron chi connectivity index (χ3n) is 10.3. The van der Waals surface area contributed by atoms with E-state index in [0.29, 0.717) is 67.9 Å². The third kappa shape index (κ3) is 12.5. The van der Waals surface area contributed by atoms with Crippen molar-refractivity contribution in [2.24, 2.45) is 11.8 Å². The minimum atomic E-state index is -0.489. The maximum Gasteiger partial charge on any atom is 0.410 e. The number of piperidine rings is 2. The number of amides is 2. The van der Waals surface area contributed by atoms with Crippen LogP contribution < -0.4 is 0 Å². The number of rotatable bonds is 9. The Morgan fingerprint density at radius 3 is 1.49 bits per heavy atom. The van der Waals surface area contributed by atoms with Gasteiger partial charge >= 0.3 is 24.1 Å². The van der Waals surface area contributed by atoms with Crippen LogP contribution in [0.1, 0.15) is 146 Å². The van der Waals surface area contributed by atoms with Gasteiger partial charge in [0.25, 0.3) is 0 Å². The van der Waals surface area contributed by atoms with E-state index in [2.05, 4.69) is 29.8 Å². The fraction of sp³-hybridized carbons (Fsp3) is 0.683. The Balaban J connectivity index is 0.000000297. The molecule has 0 N–H and O–H groups in total. The van der Waals surface area contributed by atoms with Crippen molar-refractivity contribution >= 4 is 69.0 Å². The molecule has 11 nitrogen and oxygen atoms in total. The van der Waals surface area contributed by atoms with Gasteiger partial charge in [0.1, 0.15) is 17.5 Å². The fourth-order valence-electron chi connectivity index (χ4n) is 7.27. The van der Waals surface area contributed by atoms with Crippen LogP contribution >= 0.6 is 38.6 Å². The van der Waals surface area contributed by atoms with Crippen LogP contribution in [0.15, 0.2) is 3.79 Å². The molecule has 0 aliphatic carbocycles. The van der Waals surface area contributed by atoms with E-state index in [1.54, 1.807) is 32.5 Å². The van der Waals surface area contributed by atoms with Crippen LogP contribution in [0.25, 0.3) is 0 Å². The second-order valence-corrected chi connectivity index (χ2v) is 20.0. The largest absolute Gasteiger partial charge is 0.465 e. The average molecular weight is 870 g/mol. The summed E-state index contributed by atoms with van der Waals surface area (Å²) in [6.45, 7) is 22.4. The number of aryl methyl sites for hydroxylation is 1. The quantitative estimate of drug-likeness (QED) is 0.137. The molecule has 0 saturated carbocycles. The van der Waals surface area contributed by atoms with E-state index in [1.807, 2.05) is 55.4 Å². The molecule has 0 spiro atoms. The molecule has 2 saturated heterocycles. The van der Waals surface area contributed by atoms with Gasteiger partial charge in [-0.2, -0.15) is 0 Å². The number of esters is 2. The highest BCUT2D eigenvalue weighted by Crippen LogP contribution is 2.43. The second-order valence-electron chi connectivity index (χ2n) is 16.5. The number of hydrogen-bond acceptors (Lipinski definition) is 11. The van der Waals surface area contributed by atoms with Gasteiger partial charge in [-0.1, -0.05) is 13.8 Å². The van der Waals surface area contributed by atoms with Crippen LogP contribution in [0, 0.1) is 25.7 Å². The topological polar surface area (TPSA) is 129 Å². The van der Waals surface area contributed by atoms with E-state index in [9.17, 15) is 24.0 Å². The molecule has 55 heavy (non-hydrogen) atoms. The number of aldehydes is 1. The number of carbonyl (C=O) groups excluding carboxylic acids is 5. The number of nitrogens with zero attached hydrogens (tertiary/aromatic N) is 2. The van der Waals surface area contributed by atoms with E-state index in [1.165, 1.54) is 24.0 Å². The molecule has 14 heteroatoms. The minimum absolute atomic E-state index is 0.230. The van der Waals surface area contributed by atoms with Gasteiger partial charge in [0.05, 0.1) is 29.1 Å². The van der Waals surface area contributed by atoms with Gasteiger partial charge in [-0.05, 0) is 138 Å².